The molecule has 0 saturated carbocycles. The quantitative estimate of drug-likeness (QED) is 0.872. The van der Waals surface area contributed by atoms with Crippen LogP contribution in [-0.2, 0) is 0 Å². The van der Waals surface area contributed by atoms with Crippen molar-refractivity contribution in [3.63, 3.8) is 0 Å². The maximum Gasteiger partial charge on any atom is 0.227 e. The second-order valence-corrected chi connectivity index (χ2v) is 5.20. The third kappa shape index (κ3) is 2.90. The number of nitrogens with zero attached hydrogens (tertiary/aromatic N) is 4. The molecule has 5 nitrogen and oxygen atoms in total. The second kappa shape index (κ2) is 5.52. The highest BCUT2D eigenvalue weighted by molar-refractivity contribution is 5.42. The molecule has 0 spiro atoms. The zero-order chi connectivity index (χ0) is 13.1. The van der Waals surface area contributed by atoms with Crippen LogP contribution in [0.25, 0.3) is 0 Å². The number of aliphatic hydroxyl groups excluding tert-OH is 1. The summed E-state index contributed by atoms with van der Waals surface area (Å²) in [5.74, 6) is 2.01. The molecule has 0 aromatic carbocycles. The predicted molar refractivity (Wildman–Crippen MR) is 73.0 cm³/mol. The smallest absolute Gasteiger partial charge is 0.227 e. The van der Waals surface area contributed by atoms with Crippen molar-refractivity contribution in [3.05, 3.63) is 12.3 Å². The van der Waals surface area contributed by atoms with E-state index in [4.69, 9.17) is 0 Å². The molecule has 1 saturated heterocycles. The highest BCUT2D eigenvalue weighted by Crippen LogP contribution is 2.23. The lowest BCUT2D eigenvalue weighted by Crippen LogP contribution is -2.40. The molecule has 2 rings (SSSR count). The molecule has 2 atom stereocenters. The molecular formula is C13H22N4O. The third-order valence-corrected chi connectivity index (χ3v) is 3.51. The van der Waals surface area contributed by atoms with Crippen molar-refractivity contribution >= 4 is 11.8 Å². The number of anilines is 2. The summed E-state index contributed by atoms with van der Waals surface area (Å²) in [6.45, 7) is 3.68. The minimum absolute atomic E-state index is 0.259. The number of rotatable bonds is 3. The molecule has 5 heteroatoms. The predicted octanol–water partition coefficient (Wildman–Crippen LogP) is 1.14. The summed E-state index contributed by atoms with van der Waals surface area (Å²) in [6, 6.07) is 1.90. The molecule has 1 aromatic rings. The summed E-state index contributed by atoms with van der Waals surface area (Å²) < 4.78 is 0. The molecule has 18 heavy (non-hydrogen) atoms. The summed E-state index contributed by atoms with van der Waals surface area (Å²) >= 11 is 0. The van der Waals surface area contributed by atoms with Gasteiger partial charge in [-0.1, -0.05) is 0 Å². The first-order valence-corrected chi connectivity index (χ1v) is 6.51. The zero-order valence-electron chi connectivity index (χ0n) is 11.4. The van der Waals surface area contributed by atoms with Crippen molar-refractivity contribution in [1.82, 2.24) is 9.97 Å². The van der Waals surface area contributed by atoms with Gasteiger partial charge in [0.25, 0.3) is 0 Å². The minimum Gasteiger partial charge on any atom is -0.393 e. The largest absolute Gasteiger partial charge is 0.393 e. The van der Waals surface area contributed by atoms with Crippen molar-refractivity contribution in [2.24, 2.45) is 5.92 Å². The van der Waals surface area contributed by atoms with E-state index in [9.17, 15) is 5.11 Å². The SMILES string of the molecule is CC(O)C1CCCN(c2nccc(N(C)C)n2)C1. The van der Waals surface area contributed by atoms with E-state index in [2.05, 4.69) is 14.9 Å². The first-order chi connectivity index (χ1) is 8.58. The normalized spacial score (nSPS) is 21.8. The van der Waals surface area contributed by atoms with Crippen molar-refractivity contribution < 1.29 is 5.11 Å². The summed E-state index contributed by atoms with van der Waals surface area (Å²) in [4.78, 5) is 13.0. The van der Waals surface area contributed by atoms with Crippen LogP contribution >= 0.6 is 0 Å². The Labute approximate surface area is 108 Å². The monoisotopic (exact) mass is 250 g/mol. The van der Waals surface area contributed by atoms with Crippen LogP contribution in [0.15, 0.2) is 12.3 Å². The van der Waals surface area contributed by atoms with Gasteiger partial charge in [-0.15, -0.1) is 0 Å². The molecule has 2 unspecified atom stereocenters. The Balaban J connectivity index is 2.13. The minimum atomic E-state index is -0.259. The van der Waals surface area contributed by atoms with E-state index in [1.807, 2.05) is 32.0 Å². The molecule has 2 heterocycles. The maximum absolute atomic E-state index is 9.71. The Morgan fingerprint density at radius 2 is 2.28 bits per heavy atom. The van der Waals surface area contributed by atoms with E-state index in [0.717, 1.165) is 37.7 Å². The van der Waals surface area contributed by atoms with Crippen molar-refractivity contribution in [2.75, 3.05) is 37.0 Å². The van der Waals surface area contributed by atoms with Gasteiger partial charge in [0.1, 0.15) is 5.82 Å². The second-order valence-electron chi connectivity index (χ2n) is 5.20. The fourth-order valence-corrected chi connectivity index (χ4v) is 2.33. The lowest BCUT2D eigenvalue weighted by Gasteiger charge is -2.34. The van der Waals surface area contributed by atoms with Gasteiger partial charge in [-0.05, 0) is 25.8 Å². The summed E-state index contributed by atoms with van der Waals surface area (Å²) in [5.41, 5.74) is 0. The topological polar surface area (TPSA) is 52.5 Å². The first-order valence-electron chi connectivity index (χ1n) is 6.51. The fraction of sp³-hybridized carbons (Fsp3) is 0.692. The van der Waals surface area contributed by atoms with Crippen LogP contribution in [-0.4, -0.2) is 48.4 Å². The van der Waals surface area contributed by atoms with E-state index in [0.29, 0.717) is 5.92 Å². The van der Waals surface area contributed by atoms with Gasteiger partial charge in [0.2, 0.25) is 5.95 Å². The van der Waals surface area contributed by atoms with E-state index in [-0.39, 0.29) is 6.10 Å². The molecule has 1 aromatic heterocycles. The summed E-state index contributed by atoms with van der Waals surface area (Å²) in [6.07, 6.45) is 3.71. The first kappa shape index (κ1) is 13.1. The van der Waals surface area contributed by atoms with Gasteiger partial charge >= 0.3 is 0 Å². The van der Waals surface area contributed by atoms with Crippen LogP contribution in [0.2, 0.25) is 0 Å². The molecule has 1 aliphatic heterocycles. The zero-order valence-corrected chi connectivity index (χ0v) is 11.4. The van der Waals surface area contributed by atoms with Crippen LogP contribution < -0.4 is 9.80 Å². The van der Waals surface area contributed by atoms with Crippen LogP contribution in [0.3, 0.4) is 0 Å². The number of hydrogen-bond acceptors (Lipinski definition) is 5. The van der Waals surface area contributed by atoms with Crippen LogP contribution in [0.1, 0.15) is 19.8 Å². The molecule has 100 valence electrons. The van der Waals surface area contributed by atoms with E-state index < -0.39 is 0 Å². The Bertz CT molecular complexity index is 394. The molecule has 0 amide bonds. The number of hydrogen-bond donors (Lipinski definition) is 1. The molecule has 0 aliphatic carbocycles. The summed E-state index contributed by atoms with van der Waals surface area (Å²) in [7, 11) is 3.95. The average Bonchev–Trinajstić information content (AvgIpc) is 2.39. The standard InChI is InChI=1S/C13H22N4O/c1-10(18)11-5-4-8-17(9-11)13-14-7-6-12(15-13)16(2)3/h6-7,10-11,18H,4-5,8-9H2,1-3H3. The highest BCUT2D eigenvalue weighted by atomic mass is 16.3. The fourth-order valence-electron chi connectivity index (χ4n) is 2.33. The lowest BCUT2D eigenvalue weighted by atomic mass is 9.94. The van der Waals surface area contributed by atoms with Gasteiger partial charge in [0.15, 0.2) is 0 Å². The van der Waals surface area contributed by atoms with Gasteiger partial charge in [-0.2, -0.15) is 4.98 Å². The van der Waals surface area contributed by atoms with E-state index in [1.165, 1.54) is 0 Å². The lowest BCUT2D eigenvalue weighted by molar-refractivity contribution is 0.114. The number of aliphatic hydroxyl groups is 1. The molecule has 0 radical (unpaired) electrons. The Hall–Kier alpha value is -1.36. The average molecular weight is 250 g/mol. The van der Waals surface area contributed by atoms with Crippen LogP contribution in [0.5, 0.6) is 0 Å². The van der Waals surface area contributed by atoms with Crippen molar-refractivity contribution in [2.45, 2.75) is 25.9 Å². The molecule has 1 N–H and O–H groups in total. The van der Waals surface area contributed by atoms with E-state index >= 15 is 0 Å². The Morgan fingerprint density at radius 1 is 1.50 bits per heavy atom. The van der Waals surface area contributed by atoms with E-state index in [1.54, 1.807) is 6.20 Å². The molecule has 1 aliphatic rings. The van der Waals surface area contributed by atoms with Crippen molar-refractivity contribution in [1.29, 1.82) is 0 Å². The van der Waals surface area contributed by atoms with Gasteiger partial charge in [0.05, 0.1) is 6.10 Å². The number of piperidine rings is 1. The third-order valence-electron chi connectivity index (χ3n) is 3.51. The van der Waals surface area contributed by atoms with Crippen LogP contribution in [0, 0.1) is 5.92 Å². The number of aromatic nitrogens is 2. The maximum atomic E-state index is 9.71. The summed E-state index contributed by atoms with van der Waals surface area (Å²) in [5, 5.41) is 9.71. The van der Waals surface area contributed by atoms with Gasteiger partial charge < -0.3 is 14.9 Å². The molecule has 1 fully saturated rings. The van der Waals surface area contributed by atoms with Gasteiger partial charge in [-0.25, -0.2) is 4.98 Å². The molecule has 0 bridgehead atoms. The van der Waals surface area contributed by atoms with Crippen molar-refractivity contribution in [3.8, 4) is 0 Å². The Morgan fingerprint density at radius 3 is 2.94 bits per heavy atom. The highest BCUT2D eigenvalue weighted by Gasteiger charge is 2.25. The Kier molecular flexibility index (Phi) is 4.01. The van der Waals surface area contributed by atoms with Crippen LogP contribution in [0.4, 0.5) is 11.8 Å². The van der Waals surface area contributed by atoms with Gasteiger partial charge in [0, 0.05) is 39.3 Å². The van der Waals surface area contributed by atoms with Gasteiger partial charge in [-0.3, -0.25) is 0 Å². The molecular weight excluding hydrogens is 228 g/mol.